The van der Waals surface area contributed by atoms with Gasteiger partial charge in [-0.05, 0) is 19.3 Å². The number of aromatic nitrogens is 2. The van der Waals surface area contributed by atoms with E-state index in [1.165, 1.54) is 0 Å². The Hall–Kier alpha value is -0.830. The van der Waals surface area contributed by atoms with Crippen molar-refractivity contribution in [3.05, 3.63) is 34.4 Å². The maximum atomic E-state index is 12.0. The second-order valence-electron chi connectivity index (χ2n) is 3.74. The van der Waals surface area contributed by atoms with Gasteiger partial charge in [0.25, 0.3) is 5.56 Å². The monoisotopic (exact) mass is 224 g/mol. The first kappa shape index (κ1) is 10.7. The van der Waals surface area contributed by atoms with E-state index in [0.29, 0.717) is 23.6 Å². The lowest BCUT2D eigenvalue weighted by molar-refractivity contribution is 0.491. The summed E-state index contributed by atoms with van der Waals surface area (Å²) in [6.45, 7) is 6.51. The summed E-state index contributed by atoms with van der Waals surface area (Å²) in [4.78, 5) is 16.3. The molecule has 0 atom stereocenters. The molecule has 3 nitrogen and oxygen atoms in total. The molecule has 15 heavy (non-hydrogen) atoms. The van der Waals surface area contributed by atoms with Gasteiger partial charge in [0.05, 0.1) is 5.69 Å². The highest BCUT2D eigenvalue weighted by Crippen LogP contribution is 2.12. The van der Waals surface area contributed by atoms with Gasteiger partial charge in [-0.15, -0.1) is 11.6 Å². The molecule has 4 heteroatoms. The SMILES string of the molecule is [CH]c1nc2n(c(=O)c1CCCl)CCCC2. The van der Waals surface area contributed by atoms with Crippen LogP contribution in [0.5, 0.6) is 0 Å². The summed E-state index contributed by atoms with van der Waals surface area (Å²) in [7, 11) is 0. The number of halogens is 1. The van der Waals surface area contributed by atoms with E-state index < -0.39 is 0 Å². The van der Waals surface area contributed by atoms with Crippen LogP contribution in [0.4, 0.5) is 0 Å². The molecule has 0 fully saturated rings. The standard InChI is InChI=1S/C11H13ClN2O/c1-8-9(5-6-12)11(15)14-7-3-2-4-10(14)13-8/h1H,2-7H2. The van der Waals surface area contributed by atoms with E-state index in [-0.39, 0.29) is 5.56 Å². The summed E-state index contributed by atoms with van der Waals surface area (Å²) in [6, 6.07) is 0. The molecule has 1 aliphatic heterocycles. The summed E-state index contributed by atoms with van der Waals surface area (Å²) in [5.41, 5.74) is 0.919. The van der Waals surface area contributed by atoms with E-state index in [1.54, 1.807) is 4.57 Å². The normalized spacial score (nSPS) is 15.1. The molecule has 1 aromatic heterocycles. The first-order valence-electron chi connectivity index (χ1n) is 5.18. The average molecular weight is 225 g/mol. The molecule has 0 spiro atoms. The van der Waals surface area contributed by atoms with Crippen molar-refractivity contribution in [1.29, 1.82) is 0 Å². The Bertz CT molecular complexity index is 425. The van der Waals surface area contributed by atoms with Crippen LogP contribution in [0.1, 0.15) is 29.9 Å². The van der Waals surface area contributed by atoms with Crippen LogP contribution in [0.2, 0.25) is 0 Å². The molecule has 0 N–H and O–H groups in total. The second kappa shape index (κ2) is 4.35. The highest BCUT2D eigenvalue weighted by atomic mass is 35.5. The van der Waals surface area contributed by atoms with Gasteiger partial charge in [-0.2, -0.15) is 0 Å². The minimum atomic E-state index is -0.00199. The van der Waals surface area contributed by atoms with Crippen LogP contribution >= 0.6 is 11.6 Å². The van der Waals surface area contributed by atoms with E-state index in [9.17, 15) is 4.79 Å². The quantitative estimate of drug-likeness (QED) is 0.713. The molecule has 2 radical (unpaired) electrons. The molecule has 0 bridgehead atoms. The average Bonchev–Trinajstić information content (AvgIpc) is 2.24. The van der Waals surface area contributed by atoms with Crippen LogP contribution in [0.3, 0.4) is 0 Å². The van der Waals surface area contributed by atoms with Gasteiger partial charge in [0, 0.05) is 31.3 Å². The Morgan fingerprint density at radius 3 is 3.00 bits per heavy atom. The van der Waals surface area contributed by atoms with Gasteiger partial charge in [0.15, 0.2) is 0 Å². The molecule has 0 saturated carbocycles. The predicted molar refractivity (Wildman–Crippen MR) is 59.3 cm³/mol. The van der Waals surface area contributed by atoms with Gasteiger partial charge < -0.3 is 0 Å². The number of hydrogen-bond acceptors (Lipinski definition) is 2. The van der Waals surface area contributed by atoms with Crippen molar-refractivity contribution >= 4 is 11.6 Å². The Kier molecular flexibility index (Phi) is 3.10. The van der Waals surface area contributed by atoms with Crippen LogP contribution < -0.4 is 5.56 Å². The van der Waals surface area contributed by atoms with Gasteiger partial charge in [-0.3, -0.25) is 9.36 Å². The summed E-state index contributed by atoms with van der Waals surface area (Å²) in [6.07, 6.45) is 3.47. The molecule has 0 aliphatic carbocycles. The summed E-state index contributed by atoms with van der Waals surface area (Å²) < 4.78 is 1.74. The predicted octanol–water partition coefficient (Wildman–Crippen LogP) is 1.42. The molecule has 0 amide bonds. The van der Waals surface area contributed by atoms with E-state index in [1.807, 2.05) is 0 Å². The van der Waals surface area contributed by atoms with Crippen molar-refractivity contribution < 1.29 is 0 Å². The van der Waals surface area contributed by atoms with E-state index >= 15 is 0 Å². The lowest BCUT2D eigenvalue weighted by atomic mass is 10.1. The van der Waals surface area contributed by atoms with Gasteiger partial charge in [-0.1, -0.05) is 0 Å². The Morgan fingerprint density at radius 2 is 2.27 bits per heavy atom. The Morgan fingerprint density at radius 1 is 1.47 bits per heavy atom. The lowest BCUT2D eigenvalue weighted by Gasteiger charge is -2.19. The summed E-state index contributed by atoms with van der Waals surface area (Å²) >= 11 is 5.63. The molecule has 2 rings (SSSR count). The second-order valence-corrected chi connectivity index (χ2v) is 4.12. The van der Waals surface area contributed by atoms with Crippen LogP contribution in [0.15, 0.2) is 4.79 Å². The molecule has 1 aliphatic rings. The third-order valence-electron chi connectivity index (χ3n) is 2.75. The maximum absolute atomic E-state index is 12.0. The number of nitrogens with zero attached hydrogens (tertiary/aromatic N) is 2. The van der Waals surface area contributed by atoms with Gasteiger partial charge in [0.1, 0.15) is 5.82 Å². The zero-order valence-corrected chi connectivity index (χ0v) is 9.26. The molecular weight excluding hydrogens is 212 g/mol. The maximum Gasteiger partial charge on any atom is 0.256 e. The Labute approximate surface area is 94.1 Å². The number of aryl methyl sites for hydroxylation is 1. The van der Waals surface area contributed by atoms with E-state index in [2.05, 4.69) is 4.98 Å². The highest BCUT2D eigenvalue weighted by molar-refractivity contribution is 6.17. The molecule has 2 heterocycles. The van der Waals surface area contributed by atoms with E-state index in [4.69, 9.17) is 18.5 Å². The topological polar surface area (TPSA) is 34.9 Å². The molecular formula is C11H13ClN2O. The van der Waals surface area contributed by atoms with Crippen molar-refractivity contribution in [3.8, 4) is 0 Å². The first-order chi connectivity index (χ1) is 7.24. The van der Waals surface area contributed by atoms with Crippen LogP contribution in [0.25, 0.3) is 0 Å². The lowest BCUT2D eigenvalue weighted by Crippen LogP contribution is -2.32. The third-order valence-corrected chi connectivity index (χ3v) is 2.94. The van der Waals surface area contributed by atoms with Crippen molar-refractivity contribution in [3.63, 3.8) is 0 Å². The minimum absolute atomic E-state index is 0.00199. The van der Waals surface area contributed by atoms with Crippen molar-refractivity contribution in [2.24, 2.45) is 0 Å². The van der Waals surface area contributed by atoms with Crippen molar-refractivity contribution in [2.45, 2.75) is 32.2 Å². The molecule has 0 unspecified atom stereocenters. The highest BCUT2D eigenvalue weighted by Gasteiger charge is 2.16. The number of fused-ring (bicyclic) bond motifs is 1. The number of hydrogen-bond donors (Lipinski definition) is 0. The summed E-state index contributed by atoms with van der Waals surface area (Å²) in [5, 5.41) is 0. The Balaban J connectivity index is 2.54. The third kappa shape index (κ3) is 1.93. The van der Waals surface area contributed by atoms with Gasteiger partial charge in [-0.25, -0.2) is 4.98 Å². The van der Waals surface area contributed by atoms with Crippen molar-refractivity contribution in [2.75, 3.05) is 5.88 Å². The van der Waals surface area contributed by atoms with Crippen LogP contribution in [0, 0.1) is 6.92 Å². The summed E-state index contributed by atoms with van der Waals surface area (Å²) in [5.74, 6) is 1.22. The molecule has 0 saturated heterocycles. The van der Waals surface area contributed by atoms with Gasteiger partial charge >= 0.3 is 0 Å². The fraction of sp³-hybridized carbons (Fsp3) is 0.545. The smallest absolute Gasteiger partial charge is 0.256 e. The van der Waals surface area contributed by atoms with Crippen LogP contribution in [-0.2, 0) is 19.4 Å². The molecule has 0 aromatic carbocycles. The zero-order chi connectivity index (χ0) is 10.8. The first-order valence-corrected chi connectivity index (χ1v) is 5.71. The number of rotatable bonds is 2. The fourth-order valence-electron chi connectivity index (χ4n) is 1.96. The largest absolute Gasteiger partial charge is 0.296 e. The minimum Gasteiger partial charge on any atom is -0.296 e. The van der Waals surface area contributed by atoms with Gasteiger partial charge in [0.2, 0.25) is 0 Å². The fourth-order valence-corrected chi connectivity index (χ4v) is 2.15. The number of alkyl halides is 1. The van der Waals surface area contributed by atoms with Crippen LogP contribution in [-0.4, -0.2) is 15.4 Å². The van der Waals surface area contributed by atoms with Crippen molar-refractivity contribution in [1.82, 2.24) is 9.55 Å². The molecule has 1 aromatic rings. The molecule has 80 valence electrons. The zero-order valence-electron chi connectivity index (χ0n) is 8.50. The van der Waals surface area contributed by atoms with E-state index in [0.717, 1.165) is 31.6 Å².